The highest BCUT2D eigenvalue weighted by atomic mass is 16.5. The molecule has 0 amide bonds. The fourth-order valence-electron chi connectivity index (χ4n) is 2.43. The van der Waals surface area contributed by atoms with E-state index in [1.807, 2.05) is 36.4 Å². The molecule has 0 spiro atoms. The fourth-order valence-corrected chi connectivity index (χ4v) is 2.43. The topological polar surface area (TPSA) is 58.6 Å². The van der Waals surface area contributed by atoms with Crippen LogP contribution in [0.25, 0.3) is 5.76 Å². The van der Waals surface area contributed by atoms with Crippen LogP contribution in [0.5, 0.6) is 0 Å². The van der Waals surface area contributed by atoms with Gasteiger partial charge in [0.1, 0.15) is 11.9 Å². The van der Waals surface area contributed by atoms with Crippen molar-refractivity contribution in [2.45, 2.75) is 6.10 Å². The van der Waals surface area contributed by atoms with Gasteiger partial charge in [0.25, 0.3) is 0 Å². The molecule has 4 heteroatoms. The number of anilines is 1. The van der Waals surface area contributed by atoms with E-state index in [-0.39, 0.29) is 0 Å². The van der Waals surface area contributed by atoms with E-state index in [1.54, 1.807) is 25.3 Å². The molecule has 0 aliphatic heterocycles. The maximum atomic E-state index is 12.3. The molecule has 2 aromatic carbocycles. The van der Waals surface area contributed by atoms with Crippen molar-refractivity contribution in [3.63, 3.8) is 0 Å². The van der Waals surface area contributed by atoms with Gasteiger partial charge >= 0.3 is 5.97 Å². The van der Waals surface area contributed by atoms with Crippen LogP contribution in [0.1, 0.15) is 27.6 Å². The highest BCUT2D eigenvalue weighted by Crippen LogP contribution is 2.35. The molecule has 1 atom stereocenters. The summed E-state index contributed by atoms with van der Waals surface area (Å²) in [6.07, 6.45) is 0.813. The third-order valence-corrected chi connectivity index (χ3v) is 3.47. The van der Waals surface area contributed by atoms with Crippen molar-refractivity contribution >= 4 is 17.4 Å². The number of ether oxygens (including phenoxy) is 1. The van der Waals surface area contributed by atoms with Gasteiger partial charge in [-0.15, -0.1) is 0 Å². The van der Waals surface area contributed by atoms with E-state index in [9.17, 15) is 9.90 Å². The van der Waals surface area contributed by atoms with E-state index >= 15 is 0 Å². The molecule has 0 aromatic heterocycles. The van der Waals surface area contributed by atoms with Crippen molar-refractivity contribution in [1.82, 2.24) is 0 Å². The summed E-state index contributed by atoms with van der Waals surface area (Å²) >= 11 is 0. The molecule has 0 saturated heterocycles. The number of rotatable bonds is 3. The van der Waals surface area contributed by atoms with Crippen molar-refractivity contribution in [2.24, 2.45) is 0 Å². The second-order valence-corrected chi connectivity index (χ2v) is 4.75. The number of carbonyl (C=O) groups is 1. The average Bonchev–Trinajstić information content (AvgIpc) is 2.84. The maximum Gasteiger partial charge on any atom is 0.345 e. The van der Waals surface area contributed by atoms with Crippen LogP contribution < -0.4 is 5.32 Å². The van der Waals surface area contributed by atoms with Crippen LogP contribution in [0.3, 0.4) is 0 Å². The monoisotopic (exact) mass is 281 g/mol. The van der Waals surface area contributed by atoms with Crippen molar-refractivity contribution in [3.05, 3.63) is 71.3 Å². The first-order chi connectivity index (χ1) is 10.2. The Morgan fingerprint density at radius 1 is 1.14 bits per heavy atom. The molecule has 0 saturated carbocycles. The molecule has 4 nitrogen and oxygen atoms in total. The number of benzene rings is 2. The third kappa shape index (κ3) is 2.41. The van der Waals surface area contributed by atoms with E-state index in [2.05, 4.69) is 5.32 Å². The van der Waals surface area contributed by atoms with Gasteiger partial charge in [0, 0.05) is 18.3 Å². The zero-order chi connectivity index (χ0) is 14.8. The zero-order valence-electron chi connectivity index (χ0n) is 11.5. The quantitative estimate of drug-likeness (QED) is 0.849. The number of hydrogen-bond acceptors (Lipinski definition) is 4. The SMILES string of the molecule is CNc1ccccc1C(=O)OC1=CC(O)c2ccccc21. The lowest BCUT2D eigenvalue weighted by molar-refractivity contribution is 0.0693. The third-order valence-electron chi connectivity index (χ3n) is 3.47. The minimum Gasteiger partial charge on any atom is -0.422 e. The summed E-state index contributed by atoms with van der Waals surface area (Å²) in [4.78, 5) is 12.3. The van der Waals surface area contributed by atoms with Crippen molar-refractivity contribution < 1.29 is 14.6 Å². The Hall–Kier alpha value is -2.59. The highest BCUT2D eigenvalue weighted by Gasteiger charge is 2.25. The van der Waals surface area contributed by atoms with Crippen LogP contribution in [-0.2, 0) is 4.74 Å². The number of fused-ring (bicyclic) bond motifs is 1. The average molecular weight is 281 g/mol. The molecule has 0 bridgehead atoms. The van der Waals surface area contributed by atoms with Gasteiger partial charge in [0.15, 0.2) is 0 Å². The smallest absolute Gasteiger partial charge is 0.345 e. The standard InChI is InChI=1S/C17H15NO3/c1-18-14-9-5-4-8-13(14)17(20)21-16-10-15(19)11-6-2-3-7-12(11)16/h2-10,15,18-19H,1H3. The van der Waals surface area contributed by atoms with Crippen molar-refractivity contribution in [3.8, 4) is 0 Å². The number of esters is 1. The molecule has 106 valence electrons. The number of carbonyl (C=O) groups excluding carboxylic acids is 1. The highest BCUT2D eigenvalue weighted by molar-refractivity contribution is 5.98. The second kappa shape index (κ2) is 5.42. The molecule has 0 fully saturated rings. The first kappa shape index (κ1) is 13.4. The summed E-state index contributed by atoms with van der Waals surface area (Å²) in [5.41, 5.74) is 2.66. The van der Waals surface area contributed by atoms with Gasteiger partial charge in [-0.2, -0.15) is 0 Å². The van der Waals surface area contributed by atoms with Gasteiger partial charge < -0.3 is 15.2 Å². The number of aliphatic hydroxyl groups is 1. The summed E-state index contributed by atoms with van der Waals surface area (Å²) in [7, 11) is 1.75. The summed E-state index contributed by atoms with van der Waals surface area (Å²) in [5.74, 6) is -0.0518. The summed E-state index contributed by atoms with van der Waals surface area (Å²) in [5, 5.41) is 12.9. The van der Waals surface area contributed by atoms with E-state index in [0.717, 1.165) is 11.1 Å². The van der Waals surface area contributed by atoms with Gasteiger partial charge in [-0.25, -0.2) is 4.79 Å². The molecule has 21 heavy (non-hydrogen) atoms. The van der Waals surface area contributed by atoms with Crippen LogP contribution in [0.4, 0.5) is 5.69 Å². The van der Waals surface area contributed by atoms with E-state index in [4.69, 9.17) is 4.74 Å². The Morgan fingerprint density at radius 3 is 2.67 bits per heavy atom. The van der Waals surface area contributed by atoms with Gasteiger partial charge in [0.05, 0.1) is 5.56 Å². The molecule has 1 aliphatic carbocycles. The first-order valence-corrected chi connectivity index (χ1v) is 6.69. The molecule has 1 unspecified atom stereocenters. The lowest BCUT2D eigenvalue weighted by Crippen LogP contribution is -2.07. The Kier molecular flexibility index (Phi) is 3.46. The lowest BCUT2D eigenvalue weighted by Gasteiger charge is -2.10. The summed E-state index contributed by atoms with van der Waals surface area (Å²) in [6, 6.07) is 14.5. The molecular weight excluding hydrogens is 266 g/mol. The predicted octanol–water partition coefficient (Wildman–Crippen LogP) is 2.97. The molecule has 3 rings (SSSR count). The Bertz CT molecular complexity index is 721. The Balaban J connectivity index is 1.88. The molecule has 2 aromatic rings. The Labute approximate surface area is 122 Å². The Morgan fingerprint density at radius 2 is 1.86 bits per heavy atom. The van der Waals surface area contributed by atoms with Gasteiger partial charge in [-0.1, -0.05) is 36.4 Å². The van der Waals surface area contributed by atoms with Crippen LogP contribution in [0, 0.1) is 0 Å². The predicted molar refractivity (Wildman–Crippen MR) is 80.8 cm³/mol. The second-order valence-electron chi connectivity index (χ2n) is 4.75. The molecule has 0 heterocycles. The minimum atomic E-state index is -0.733. The molecular formula is C17H15NO3. The number of aliphatic hydroxyl groups excluding tert-OH is 1. The van der Waals surface area contributed by atoms with E-state index in [0.29, 0.717) is 17.0 Å². The van der Waals surface area contributed by atoms with Gasteiger partial charge in [-0.3, -0.25) is 0 Å². The van der Waals surface area contributed by atoms with Gasteiger partial charge in [0.2, 0.25) is 0 Å². The number of hydrogen-bond donors (Lipinski definition) is 2. The van der Waals surface area contributed by atoms with Crippen molar-refractivity contribution in [2.75, 3.05) is 12.4 Å². The van der Waals surface area contributed by atoms with E-state index in [1.165, 1.54) is 0 Å². The van der Waals surface area contributed by atoms with Gasteiger partial charge in [-0.05, 0) is 23.8 Å². The number of para-hydroxylation sites is 1. The fraction of sp³-hybridized carbons (Fsp3) is 0.118. The minimum absolute atomic E-state index is 0.397. The largest absolute Gasteiger partial charge is 0.422 e. The van der Waals surface area contributed by atoms with E-state index < -0.39 is 12.1 Å². The molecule has 1 aliphatic rings. The zero-order valence-corrected chi connectivity index (χ0v) is 11.5. The van der Waals surface area contributed by atoms with Crippen LogP contribution in [0.15, 0.2) is 54.6 Å². The normalized spacial score (nSPS) is 16.1. The molecule has 0 radical (unpaired) electrons. The number of nitrogens with one attached hydrogen (secondary N) is 1. The van der Waals surface area contributed by atoms with Crippen molar-refractivity contribution in [1.29, 1.82) is 0 Å². The first-order valence-electron chi connectivity index (χ1n) is 6.69. The van der Waals surface area contributed by atoms with Crippen LogP contribution in [-0.4, -0.2) is 18.1 Å². The summed E-state index contributed by atoms with van der Waals surface area (Å²) in [6.45, 7) is 0. The molecule has 2 N–H and O–H groups in total. The van der Waals surface area contributed by atoms with Crippen LogP contribution in [0.2, 0.25) is 0 Å². The summed E-state index contributed by atoms with van der Waals surface area (Å²) < 4.78 is 5.46. The lowest BCUT2D eigenvalue weighted by atomic mass is 10.1. The van der Waals surface area contributed by atoms with Crippen LogP contribution >= 0.6 is 0 Å². The maximum absolute atomic E-state index is 12.3.